The summed E-state index contributed by atoms with van der Waals surface area (Å²) in [5.41, 5.74) is 1.98. The Morgan fingerprint density at radius 3 is 2.42 bits per heavy atom. The average molecular weight is 259 g/mol. The fraction of sp³-hybridized carbons (Fsp3) is 0.0667. The second-order valence-corrected chi connectivity index (χ2v) is 4.26. The van der Waals surface area contributed by atoms with Gasteiger partial charge in [0.05, 0.1) is 7.11 Å². The number of benzene rings is 2. The number of nitrogens with one attached hydrogen (secondary N) is 1. The zero-order valence-electron chi connectivity index (χ0n) is 10.2. The number of methoxy groups -OCH3 is 1. The molecule has 0 spiro atoms. The van der Waals surface area contributed by atoms with Gasteiger partial charge in [-0.3, -0.25) is 0 Å². The summed E-state index contributed by atoms with van der Waals surface area (Å²) in [5, 5.41) is 0.879. The lowest BCUT2D eigenvalue weighted by molar-refractivity contribution is 0.420. The first-order valence-electron chi connectivity index (χ1n) is 5.79. The third-order valence-electron chi connectivity index (χ3n) is 3.02. The molecule has 96 valence electrons. The summed E-state index contributed by atoms with van der Waals surface area (Å²) in [4.78, 5) is 3.13. The average Bonchev–Trinajstić information content (AvgIpc) is 2.81. The predicted molar refractivity (Wildman–Crippen MR) is 70.2 cm³/mol. The summed E-state index contributed by atoms with van der Waals surface area (Å²) < 4.78 is 31.7. The topological polar surface area (TPSA) is 25.0 Å². The molecule has 0 fully saturated rings. The molecule has 19 heavy (non-hydrogen) atoms. The molecule has 4 heteroatoms. The molecule has 3 rings (SSSR count). The van der Waals surface area contributed by atoms with Gasteiger partial charge in [0, 0.05) is 28.2 Å². The van der Waals surface area contributed by atoms with Crippen molar-refractivity contribution in [3.05, 3.63) is 54.1 Å². The molecule has 3 aromatic rings. The van der Waals surface area contributed by atoms with Crippen molar-refractivity contribution >= 4 is 10.9 Å². The second kappa shape index (κ2) is 4.39. The Bertz CT molecular complexity index is 729. The highest BCUT2D eigenvalue weighted by Crippen LogP contribution is 2.30. The van der Waals surface area contributed by atoms with Gasteiger partial charge in [-0.15, -0.1) is 0 Å². The van der Waals surface area contributed by atoms with Gasteiger partial charge in [0.1, 0.15) is 17.4 Å². The number of H-pyrrole nitrogens is 1. The quantitative estimate of drug-likeness (QED) is 0.735. The van der Waals surface area contributed by atoms with Crippen LogP contribution in [0.25, 0.3) is 22.2 Å². The van der Waals surface area contributed by atoms with Crippen LogP contribution in [0.2, 0.25) is 0 Å². The van der Waals surface area contributed by atoms with Crippen LogP contribution < -0.4 is 4.74 Å². The van der Waals surface area contributed by atoms with Gasteiger partial charge in [-0.2, -0.15) is 0 Å². The van der Waals surface area contributed by atoms with Crippen molar-refractivity contribution in [1.29, 1.82) is 0 Å². The zero-order valence-corrected chi connectivity index (χ0v) is 10.2. The fourth-order valence-corrected chi connectivity index (χ4v) is 2.17. The number of fused-ring (bicyclic) bond motifs is 1. The molecule has 2 aromatic carbocycles. The highest BCUT2D eigenvalue weighted by atomic mass is 19.1. The Morgan fingerprint density at radius 1 is 1.00 bits per heavy atom. The molecule has 1 aromatic heterocycles. The van der Waals surface area contributed by atoms with Gasteiger partial charge in [0.25, 0.3) is 0 Å². The van der Waals surface area contributed by atoms with Crippen molar-refractivity contribution < 1.29 is 13.5 Å². The normalized spacial score (nSPS) is 10.9. The van der Waals surface area contributed by atoms with E-state index in [9.17, 15) is 8.78 Å². The third kappa shape index (κ3) is 2.05. The van der Waals surface area contributed by atoms with E-state index in [1.54, 1.807) is 7.11 Å². The van der Waals surface area contributed by atoms with Crippen LogP contribution >= 0.6 is 0 Å². The summed E-state index contributed by atoms with van der Waals surface area (Å²) in [6.07, 6.45) is 0. The van der Waals surface area contributed by atoms with E-state index in [1.165, 1.54) is 12.1 Å². The Balaban J connectivity index is 2.20. The van der Waals surface area contributed by atoms with Crippen LogP contribution in [0.1, 0.15) is 0 Å². The van der Waals surface area contributed by atoms with Crippen molar-refractivity contribution in [2.75, 3.05) is 7.11 Å². The van der Waals surface area contributed by atoms with Crippen LogP contribution in [0.15, 0.2) is 42.5 Å². The smallest absolute Gasteiger partial charge is 0.128 e. The highest BCUT2D eigenvalue weighted by Gasteiger charge is 2.09. The van der Waals surface area contributed by atoms with Gasteiger partial charge in [0.2, 0.25) is 0 Å². The van der Waals surface area contributed by atoms with E-state index in [0.29, 0.717) is 11.3 Å². The van der Waals surface area contributed by atoms with Crippen LogP contribution in [0.5, 0.6) is 5.75 Å². The number of ether oxygens (including phenoxy) is 1. The number of hydrogen-bond acceptors (Lipinski definition) is 1. The first-order chi connectivity index (χ1) is 9.17. The SMILES string of the molecule is COc1cccc2[nH]c(-c3cc(F)cc(F)c3)cc12. The molecule has 0 amide bonds. The van der Waals surface area contributed by atoms with E-state index in [0.717, 1.165) is 22.7 Å². The maximum atomic E-state index is 13.2. The molecule has 0 atom stereocenters. The van der Waals surface area contributed by atoms with Crippen LogP contribution in [0.3, 0.4) is 0 Å². The lowest BCUT2D eigenvalue weighted by Crippen LogP contribution is -1.83. The minimum atomic E-state index is -0.597. The van der Waals surface area contributed by atoms with Crippen LogP contribution in [0, 0.1) is 11.6 Å². The van der Waals surface area contributed by atoms with Gasteiger partial charge in [-0.1, -0.05) is 6.07 Å². The molecule has 0 aliphatic rings. The van der Waals surface area contributed by atoms with Crippen molar-refractivity contribution in [3.8, 4) is 17.0 Å². The lowest BCUT2D eigenvalue weighted by Gasteiger charge is -1.99. The zero-order chi connectivity index (χ0) is 13.4. The Morgan fingerprint density at radius 2 is 1.74 bits per heavy atom. The summed E-state index contributed by atoms with van der Waals surface area (Å²) in [5.74, 6) is -0.474. The number of aromatic amines is 1. The van der Waals surface area contributed by atoms with Crippen LogP contribution in [0.4, 0.5) is 8.78 Å². The van der Waals surface area contributed by atoms with E-state index in [1.807, 2.05) is 24.3 Å². The number of halogens is 2. The molecular weight excluding hydrogens is 248 g/mol. The number of aromatic nitrogens is 1. The molecule has 0 saturated carbocycles. The summed E-state index contributed by atoms with van der Waals surface area (Å²) in [7, 11) is 1.59. The Labute approximate surface area is 108 Å². The third-order valence-corrected chi connectivity index (χ3v) is 3.02. The minimum Gasteiger partial charge on any atom is -0.496 e. The van der Waals surface area contributed by atoms with E-state index in [-0.39, 0.29) is 0 Å². The maximum absolute atomic E-state index is 13.2. The van der Waals surface area contributed by atoms with Gasteiger partial charge in [-0.25, -0.2) is 8.78 Å². The first-order valence-corrected chi connectivity index (χ1v) is 5.79. The molecular formula is C15H11F2NO. The fourth-order valence-electron chi connectivity index (χ4n) is 2.17. The standard InChI is InChI=1S/C15H11F2NO/c1-19-15-4-2-3-13-12(15)8-14(18-13)9-5-10(16)7-11(17)6-9/h2-8,18H,1H3. The summed E-state index contributed by atoms with van der Waals surface area (Å²) in [6, 6.07) is 10.8. The van der Waals surface area contributed by atoms with E-state index >= 15 is 0 Å². The Kier molecular flexibility index (Phi) is 2.71. The molecule has 0 saturated heterocycles. The van der Waals surface area contributed by atoms with E-state index in [2.05, 4.69) is 4.98 Å². The lowest BCUT2D eigenvalue weighted by atomic mass is 10.1. The monoisotopic (exact) mass is 259 g/mol. The molecule has 0 aliphatic heterocycles. The molecule has 0 unspecified atom stereocenters. The van der Waals surface area contributed by atoms with Crippen molar-refractivity contribution in [2.24, 2.45) is 0 Å². The van der Waals surface area contributed by atoms with Gasteiger partial charge < -0.3 is 9.72 Å². The molecule has 0 radical (unpaired) electrons. The molecule has 2 nitrogen and oxygen atoms in total. The van der Waals surface area contributed by atoms with Crippen LogP contribution in [-0.2, 0) is 0 Å². The minimum absolute atomic E-state index is 0.468. The van der Waals surface area contributed by atoms with Crippen molar-refractivity contribution in [1.82, 2.24) is 4.98 Å². The molecule has 0 aliphatic carbocycles. The Hall–Kier alpha value is -2.36. The highest BCUT2D eigenvalue weighted by molar-refractivity contribution is 5.90. The van der Waals surface area contributed by atoms with Gasteiger partial charge >= 0.3 is 0 Å². The predicted octanol–water partition coefficient (Wildman–Crippen LogP) is 4.12. The number of rotatable bonds is 2. The largest absolute Gasteiger partial charge is 0.496 e. The molecule has 0 bridgehead atoms. The first kappa shape index (κ1) is 11.7. The van der Waals surface area contributed by atoms with Crippen molar-refractivity contribution in [3.63, 3.8) is 0 Å². The van der Waals surface area contributed by atoms with E-state index in [4.69, 9.17) is 4.74 Å². The maximum Gasteiger partial charge on any atom is 0.128 e. The van der Waals surface area contributed by atoms with Crippen molar-refractivity contribution in [2.45, 2.75) is 0 Å². The second-order valence-electron chi connectivity index (χ2n) is 4.26. The summed E-state index contributed by atoms with van der Waals surface area (Å²) >= 11 is 0. The van der Waals surface area contributed by atoms with Crippen LogP contribution in [-0.4, -0.2) is 12.1 Å². The van der Waals surface area contributed by atoms with Gasteiger partial charge in [-0.05, 0) is 30.3 Å². The number of hydrogen-bond donors (Lipinski definition) is 1. The molecule has 1 heterocycles. The van der Waals surface area contributed by atoms with Gasteiger partial charge in [0.15, 0.2) is 0 Å². The van der Waals surface area contributed by atoms with E-state index < -0.39 is 11.6 Å². The molecule has 1 N–H and O–H groups in total. The summed E-state index contributed by atoms with van der Waals surface area (Å²) in [6.45, 7) is 0.